The van der Waals surface area contributed by atoms with E-state index < -0.39 is 0 Å². The number of aromatic nitrogens is 1. The smallest absolute Gasteiger partial charge is 0.234 e. The number of carbonyl (C=O) groups excluding carboxylic acids is 1. The van der Waals surface area contributed by atoms with Crippen molar-refractivity contribution < 1.29 is 4.79 Å². The summed E-state index contributed by atoms with van der Waals surface area (Å²) in [5.74, 6) is -0.0962. The number of rotatable bonds is 6. The lowest BCUT2D eigenvalue weighted by Crippen LogP contribution is -2.35. The lowest BCUT2D eigenvalue weighted by molar-refractivity contribution is -0.120. The SMILES string of the molecule is CC(NCC(=O)NCCC#N)c1ccncc1. The minimum atomic E-state index is -0.0962. The van der Waals surface area contributed by atoms with Crippen LogP contribution in [0.15, 0.2) is 24.5 Å². The third-order valence-corrected chi connectivity index (χ3v) is 2.33. The van der Waals surface area contributed by atoms with E-state index in [1.54, 1.807) is 12.4 Å². The summed E-state index contributed by atoms with van der Waals surface area (Å²) in [5.41, 5.74) is 1.09. The van der Waals surface area contributed by atoms with E-state index in [9.17, 15) is 4.79 Å². The van der Waals surface area contributed by atoms with Gasteiger partial charge in [-0.1, -0.05) is 0 Å². The fourth-order valence-electron chi connectivity index (χ4n) is 1.34. The number of hydrogen-bond donors (Lipinski definition) is 2. The Bertz CT molecular complexity index is 385. The largest absolute Gasteiger partial charge is 0.354 e. The second-order valence-corrected chi connectivity index (χ2v) is 3.64. The molecule has 0 saturated carbocycles. The molecule has 0 aliphatic rings. The molecule has 0 radical (unpaired) electrons. The predicted octanol–water partition coefficient (Wildman–Crippen LogP) is 0.762. The molecular weight excluding hydrogens is 216 g/mol. The maximum absolute atomic E-state index is 11.4. The van der Waals surface area contributed by atoms with Crippen LogP contribution in [0.3, 0.4) is 0 Å². The van der Waals surface area contributed by atoms with Gasteiger partial charge in [0.25, 0.3) is 0 Å². The highest BCUT2D eigenvalue weighted by Gasteiger charge is 2.06. The Morgan fingerprint density at radius 2 is 2.24 bits per heavy atom. The van der Waals surface area contributed by atoms with E-state index in [0.29, 0.717) is 13.0 Å². The Hall–Kier alpha value is -1.93. The number of hydrogen-bond acceptors (Lipinski definition) is 4. The fourth-order valence-corrected chi connectivity index (χ4v) is 1.34. The van der Waals surface area contributed by atoms with E-state index in [2.05, 4.69) is 15.6 Å². The highest BCUT2D eigenvalue weighted by Crippen LogP contribution is 2.09. The summed E-state index contributed by atoms with van der Waals surface area (Å²) in [6, 6.07) is 5.88. The number of nitriles is 1. The fraction of sp³-hybridized carbons (Fsp3) is 0.417. The molecule has 1 rings (SSSR count). The Balaban J connectivity index is 2.27. The van der Waals surface area contributed by atoms with Crippen molar-refractivity contribution in [3.63, 3.8) is 0 Å². The molecule has 5 heteroatoms. The van der Waals surface area contributed by atoms with Gasteiger partial charge < -0.3 is 10.6 Å². The van der Waals surface area contributed by atoms with Crippen LogP contribution >= 0.6 is 0 Å². The Kier molecular flexibility index (Phi) is 5.69. The second kappa shape index (κ2) is 7.36. The molecule has 0 fully saturated rings. The predicted molar refractivity (Wildman–Crippen MR) is 63.9 cm³/mol. The summed E-state index contributed by atoms with van der Waals surface area (Å²) in [5, 5.41) is 14.1. The summed E-state index contributed by atoms with van der Waals surface area (Å²) in [6.07, 6.45) is 3.78. The topological polar surface area (TPSA) is 77.8 Å². The normalized spacial score (nSPS) is 11.5. The maximum Gasteiger partial charge on any atom is 0.234 e. The van der Waals surface area contributed by atoms with Gasteiger partial charge in [-0.15, -0.1) is 0 Å². The molecule has 0 spiro atoms. The molecule has 1 amide bonds. The van der Waals surface area contributed by atoms with Gasteiger partial charge >= 0.3 is 0 Å². The zero-order valence-corrected chi connectivity index (χ0v) is 9.81. The summed E-state index contributed by atoms with van der Waals surface area (Å²) in [4.78, 5) is 15.3. The molecule has 1 atom stereocenters. The van der Waals surface area contributed by atoms with Gasteiger partial charge in [0, 0.05) is 25.0 Å². The number of amides is 1. The van der Waals surface area contributed by atoms with Gasteiger partial charge in [-0.25, -0.2) is 0 Å². The summed E-state index contributed by atoms with van der Waals surface area (Å²) >= 11 is 0. The van der Waals surface area contributed by atoms with Crippen LogP contribution in [0.2, 0.25) is 0 Å². The van der Waals surface area contributed by atoms with Gasteiger partial charge in [0.05, 0.1) is 19.0 Å². The quantitative estimate of drug-likeness (QED) is 0.710. The Labute approximate surface area is 101 Å². The number of pyridine rings is 1. The molecular formula is C12H16N4O. The van der Waals surface area contributed by atoms with Crippen LogP contribution in [-0.4, -0.2) is 24.0 Å². The number of nitrogens with one attached hydrogen (secondary N) is 2. The molecule has 1 unspecified atom stereocenters. The lowest BCUT2D eigenvalue weighted by Gasteiger charge is -2.13. The van der Waals surface area contributed by atoms with Crippen molar-refractivity contribution >= 4 is 5.91 Å². The minimum absolute atomic E-state index is 0.0962. The van der Waals surface area contributed by atoms with Crippen LogP contribution < -0.4 is 10.6 Å². The van der Waals surface area contributed by atoms with E-state index in [-0.39, 0.29) is 18.5 Å². The Morgan fingerprint density at radius 3 is 2.88 bits per heavy atom. The molecule has 0 aliphatic heterocycles. The summed E-state index contributed by atoms with van der Waals surface area (Å²) in [7, 11) is 0. The summed E-state index contributed by atoms with van der Waals surface area (Å²) < 4.78 is 0. The van der Waals surface area contributed by atoms with Crippen LogP contribution in [0.25, 0.3) is 0 Å². The maximum atomic E-state index is 11.4. The van der Waals surface area contributed by atoms with Gasteiger partial charge in [-0.05, 0) is 24.6 Å². The van der Waals surface area contributed by atoms with Gasteiger partial charge in [-0.2, -0.15) is 5.26 Å². The van der Waals surface area contributed by atoms with E-state index in [1.165, 1.54) is 0 Å². The number of nitrogens with zero attached hydrogens (tertiary/aromatic N) is 2. The van der Waals surface area contributed by atoms with Crippen molar-refractivity contribution in [2.75, 3.05) is 13.1 Å². The molecule has 0 saturated heterocycles. The van der Waals surface area contributed by atoms with Gasteiger partial charge in [0.2, 0.25) is 5.91 Å². The first-order valence-corrected chi connectivity index (χ1v) is 5.51. The Morgan fingerprint density at radius 1 is 1.53 bits per heavy atom. The molecule has 2 N–H and O–H groups in total. The lowest BCUT2D eigenvalue weighted by atomic mass is 10.1. The molecule has 0 aliphatic carbocycles. The molecule has 0 bridgehead atoms. The molecule has 1 aromatic heterocycles. The molecule has 17 heavy (non-hydrogen) atoms. The highest BCUT2D eigenvalue weighted by molar-refractivity contribution is 5.78. The van der Waals surface area contributed by atoms with Crippen molar-refractivity contribution in [1.82, 2.24) is 15.6 Å². The highest BCUT2D eigenvalue weighted by atomic mass is 16.1. The van der Waals surface area contributed by atoms with Crippen LogP contribution in [-0.2, 0) is 4.79 Å². The van der Waals surface area contributed by atoms with Crippen molar-refractivity contribution in [2.24, 2.45) is 0 Å². The zero-order chi connectivity index (χ0) is 12.5. The molecule has 5 nitrogen and oxygen atoms in total. The van der Waals surface area contributed by atoms with E-state index in [1.807, 2.05) is 25.1 Å². The van der Waals surface area contributed by atoms with Gasteiger partial charge in [-0.3, -0.25) is 9.78 Å². The third-order valence-electron chi connectivity index (χ3n) is 2.33. The minimum Gasteiger partial charge on any atom is -0.354 e. The van der Waals surface area contributed by atoms with Crippen molar-refractivity contribution in [2.45, 2.75) is 19.4 Å². The average Bonchev–Trinajstić information content (AvgIpc) is 2.37. The third kappa shape index (κ3) is 5.09. The van der Waals surface area contributed by atoms with Crippen LogP contribution in [0.4, 0.5) is 0 Å². The van der Waals surface area contributed by atoms with E-state index >= 15 is 0 Å². The van der Waals surface area contributed by atoms with Gasteiger partial charge in [0.1, 0.15) is 0 Å². The zero-order valence-electron chi connectivity index (χ0n) is 9.81. The second-order valence-electron chi connectivity index (χ2n) is 3.64. The van der Waals surface area contributed by atoms with Crippen molar-refractivity contribution in [3.05, 3.63) is 30.1 Å². The standard InChI is InChI=1S/C12H16N4O/c1-10(11-3-7-14-8-4-11)16-9-12(17)15-6-2-5-13/h3-4,7-8,10,16H,2,6,9H2,1H3,(H,15,17). The summed E-state index contributed by atoms with van der Waals surface area (Å²) in [6.45, 7) is 2.63. The molecule has 1 heterocycles. The van der Waals surface area contributed by atoms with Gasteiger partial charge in [0.15, 0.2) is 0 Å². The average molecular weight is 232 g/mol. The number of carbonyl (C=O) groups is 1. The van der Waals surface area contributed by atoms with Crippen LogP contribution in [0.1, 0.15) is 24.9 Å². The monoisotopic (exact) mass is 232 g/mol. The molecule has 0 aromatic carbocycles. The first-order valence-electron chi connectivity index (χ1n) is 5.51. The molecule has 1 aromatic rings. The first kappa shape index (κ1) is 13.1. The van der Waals surface area contributed by atoms with Crippen molar-refractivity contribution in [3.8, 4) is 6.07 Å². The van der Waals surface area contributed by atoms with E-state index in [0.717, 1.165) is 5.56 Å². The van der Waals surface area contributed by atoms with Crippen molar-refractivity contribution in [1.29, 1.82) is 5.26 Å². The van der Waals surface area contributed by atoms with E-state index in [4.69, 9.17) is 5.26 Å². The van der Waals surface area contributed by atoms with Crippen LogP contribution in [0, 0.1) is 11.3 Å². The molecule has 90 valence electrons. The first-order chi connectivity index (χ1) is 8.24. The van der Waals surface area contributed by atoms with Crippen LogP contribution in [0.5, 0.6) is 0 Å².